The number of hydrogen-bond donors (Lipinski definition) is 4. The molecule has 4 amide bonds. The highest BCUT2D eigenvalue weighted by molar-refractivity contribution is 6.03. The number of anilines is 1. The van der Waals surface area contributed by atoms with Crippen LogP contribution in [-0.2, 0) is 4.74 Å². The van der Waals surface area contributed by atoms with E-state index in [1.165, 1.54) is 29.1 Å². The number of urea groups is 1. The van der Waals surface area contributed by atoms with E-state index in [0.29, 0.717) is 31.6 Å². The zero-order valence-corrected chi connectivity index (χ0v) is 20.1. The minimum Gasteiger partial charge on any atom is -0.444 e. The molecule has 0 saturated carbocycles. The lowest BCUT2D eigenvalue weighted by molar-refractivity contribution is 0.0185. The summed E-state index contributed by atoms with van der Waals surface area (Å²) < 4.78 is 20.7. The van der Waals surface area contributed by atoms with Crippen molar-refractivity contribution in [2.45, 2.75) is 45.3 Å². The van der Waals surface area contributed by atoms with Crippen molar-refractivity contribution >= 4 is 23.7 Å². The zero-order chi connectivity index (χ0) is 25.6. The molecule has 4 N–H and O–H groups in total. The predicted octanol–water partition coefficient (Wildman–Crippen LogP) is 2.86. The van der Waals surface area contributed by atoms with Crippen molar-refractivity contribution in [2.75, 3.05) is 31.6 Å². The highest BCUT2D eigenvalue weighted by atomic mass is 19.1. The maximum Gasteiger partial charge on any atom is 0.410 e. The van der Waals surface area contributed by atoms with Crippen LogP contribution in [0, 0.1) is 5.82 Å². The molecule has 190 valence electrons. The number of aromatic nitrogens is 1. The number of benzene rings is 1. The number of aliphatic hydroxyl groups excluding tert-OH is 1. The molecule has 1 aromatic heterocycles. The minimum absolute atomic E-state index is 0.0422. The summed E-state index contributed by atoms with van der Waals surface area (Å²) in [7, 11) is 0. The van der Waals surface area contributed by atoms with Gasteiger partial charge in [0.05, 0.1) is 17.9 Å². The van der Waals surface area contributed by atoms with Gasteiger partial charge in [0.25, 0.3) is 5.91 Å². The Hall–Kier alpha value is -3.60. The number of ether oxygens (including phenoxy) is 1. The predicted molar refractivity (Wildman–Crippen MR) is 128 cm³/mol. The van der Waals surface area contributed by atoms with E-state index in [-0.39, 0.29) is 30.4 Å². The molecule has 3 rings (SSSR count). The molecule has 10 nitrogen and oxygen atoms in total. The Morgan fingerprint density at radius 3 is 2.69 bits per heavy atom. The van der Waals surface area contributed by atoms with Crippen molar-refractivity contribution in [3.63, 3.8) is 0 Å². The summed E-state index contributed by atoms with van der Waals surface area (Å²) in [6, 6.07) is 4.91. The summed E-state index contributed by atoms with van der Waals surface area (Å²) in [5.74, 6) is -0.893. The number of nitrogens with zero attached hydrogens (tertiary/aromatic N) is 2. The van der Waals surface area contributed by atoms with Gasteiger partial charge in [-0.05, 0) is 51.8 Å². The minimum atomic E-state index is -0.621. The van der Waals surface area contributed by atoms with Crippen molar-refractivity contribution in [3.05, 3.63) is 48.0 Å². The molecule has 0 spiro atoms. The topological polar surface area (TPSA) is 125 Å². The van der Waals surface area contributed by atoms with Crippen molar-refractivity contribution < 1.29 is 28.6 Å². The molecule has 1 aliphatic heterocycles. The summed E-state index contributed by atoms with van der Waals surface area (Å²) in [5.41, 5.74) is 0.228. The molecular weight excluding hydrogens is 457 g/mol. The molecule has 2 heterocycles. The highest BCUT2D eigenvalue weighted by Gasteiger charge is 2.29. The Morgan fingerprint density at radius 2 is 2.00 bits per heavy atom. The van der Waals surface area contributed by atoms with Gasteiger partial charge in [0.1, 0.15) is 11.4 Å². The average molecular weight is 490 g/mol. The van der Waals surface area contributed by atoms with Crippen LogP contribution in [0.1, 0.15) is 44.0 Å². The van der Waals surface area contributed by atoms with Crippen LogP contribution in [0.2, 0.25) is 0 Å². The highest BCUT2D eigenvalue weighted by Crippen LogP contribution is 2.23. The first-order valence-electron chi connectivity index (χ1n) is 11.5. The molecule has 1 atom stereocenters. The van der Waals surface area contributed by atoms with E-state index in [4.69, 9.17) is 9.84 Å². The van der Waals surface area contributed by atoms with Crippen molar-refractivity contribution in [3.8, 4) is 5.69 Å². The molecular formula is C24H32FN5O5. The molecule has 1 fully saturated rings. The van der Waals surface area contributed by atoms with E-state index in [1.807, 2.05) is 0 Å². The number of piperidine rings is 1. The van der Waals surface area contributed by atoms with Crippen LogP contribution >= 0.6 is 0 Å². The van der Waals surface area contributed by atoms with Gasteiger partial charge in [-0.3, -0.25) is 4.79 Å². The van der Waals surface area contributed by atoms with Crippen LogP contribution < -0.4 is 16.0 Å². The summed E-state index contributed by atoms with van der Waals surface area (Å²) in [5, 5.41) is 16.9. The Labute approximate surface area is 203 Å². The van der Waals surface area contributed by atoms with Crippen LogP contribution in [0.3, 0.4) is 0 Å². The Morgan fingerprint density at radius 1 is 1.23 bits per heavy atom. The molecule has 0 unspecified atom stereocenters. The zero-order valence-electron chi connectivity index (χ0n) is 20.1. The third kappa shape index (κ3) is 7.44. The van der Waals surface area contributed by atoms with Crippen molar-refractivity contribution in [1.82, 2.24) is 20.1 Å². The first kappa shape index (κ1) is 26.0. The Bertz CT molecular complexity index is 1060. The lowest BCUT2D eigenvalue weighted by Crippen LogP contribution is -2.50. The number of nitrogens with one attached hydrogen (secondary N) is 3. The smallest absolute Gasteiger partial charge is 0.410 e. The molecule has 1 aromatic carbocycles. The van der Waals surface area contributed by atoms with Gasteiger partial charge in [0.2, 0.25) is 0 Å². The maximum absolute atomic E-state index is 13.7. The molecule has 35 heavy (non-hydrogen) atoms. The maximum atomic E-state index is 13.7. The first-order valence-corrected chi connectivity index (χ1v) is 11.5. The molecule has 0 radical (unpaired) electrons. The van der Waals surface area contributed by atoms with E-state index < -0.39 is 29.4 Å². The summed E-state index contributed by atoms with van der Waals surface area (Å²) >= 11 is 0. The monoisotopic (exact) mass is 489 g/mol. The van der Waals surface area contributed by atoms with Crippen molar-refractivity contribution in [2.24, 2.45) is 0 Å². The summed E-state index contributed by atoms with van der Waals surface area (Å²) in [6.45, 7) is 6.02. The molecule has 11 heteroatoms. The number of rotatable bonds is 6. The lowest BCUT2D eigenvalue weighted by atomic mass is 10.1. The summed E-state index contributed by atoms with van der Waals surface area (Å²) in [6.07, 6.45) is 3.95. The number of carbonyl (C=O) groups excluding carboxylic acids is 3. The van der Waals surface area contributed by atoms with E-state index >= 15 is 0 Å². The summed E-state index contributed by atoms with van der Waals surface area (Å²) in [4.78, 5) is 39.4. The fourth-order valence-corrected chi connectivity index (χ4v) is 3.71. The van der Waals surface area contributed by atoms with Gasteiger partial charge in [-0.25, -0.2) is 14.0 Å². The number of hydrogen-bond acceptors (Lipinski definition) is 5. The molecule has 0 aliphatic carbocycles. The van der Waals surface area contributed by atoms with E-state index in [1.54, 1.807) is 37.8 Å². The molecule has 1 saturated heterocycles. The Kier molecular flexibility index (Phi) is 8.34. The van der Waals surface area contributed by atoms with Crippen LogP contribution in [0.5, 0.6) is 0 Å². The number of aliphatic hydroxyl groups is 1. The van der Waals surface area contributed by atoms with Gasteiger partial charge in [-0.1, -0.05) is 6.07 Å². The van der Waals surface area contributed by atoms with Gasteiger partial charge in [-0.15, -0.1) is 0 Å². The second-order valence-electron chi connectivity index (χ2n) is 9.32. The van der Waals surface area contributed by atoms with E-state index in [0.717, 1.165) is 0 Å². The lowest BCUT2D eigenvalue weighted by Gasteiger charge is -2.34. The molecule has 2 aromatic rings. The van der Waals surface area contributed by atoms with Crippen LogP contribution in [0.15, 0.2) is 36.7 Å². The fraction of sp³-hybridized carbons (Fsp3) is 0.458. The second-order valence-corrected chi connectivity index (χ2v) is 9.32. The van der Waals surface area contributed by atoms with E-state index in [9.17, 15) is 18.8 Å². The SMILES string of the molecule is CC(C)(C)OC(=O)N1CCC[C@H](NC(=O)c2cn(-c3cccc(F)c3)cc2NC(=O)NCCO)C1. The van der Waals surface area contributed by atoms with E-state index in [2.05, 4.69) is 16.0 Å². The number of amides is 4. The molecule has 0 bridgehead atoms. The van der Waals surface area contributed by atoms with Gasteiger partial charge >= 0.3 is 12.1 Å². The van der Waals surface area contributed by atoms with Crippen LogP contribution in [0.4, 0.5) is 19.7 Å². The third-order valence-electron chi connectivity index (χ3n) is 5.23. The third-order valence-corrected chi connectivity index (χ3v) is 5.23. The standard InChI is InChI=1S/C24H32FN5O5/c1-24(2,3)35-23(34)29-10-5-7-17(13-29)27-21(32)19-14-30(18-8-4-6-16(25)12-18)15-20(19)28-22(33)26-9-11-31/h4,6,8,12,14-15,17,31H,5,7,9-11,13H2,1-3H3,(H,27,32)(H2,26,28,33)/t17-/m0/s1. The van der Waals surface area contributed by atoms with Crippen molar-refractivity contribution in [1.29, 1.82) is 0 Å². The fourth-order valence-electron chi connectivity index (χ4n) is 3.71. The van der Waals surface area contributed by atoms with Crippen LogP contribution in [-0.4, -0.2) is 70.5 Å². The Balaban J connectivity index is 1.77. The number of carbonyl (C=O) groups is 3. The van der Waals surface area contributed by atoms with Gasteiger partial charge < -0.3 is 35.3 Å². The van der Waals surface area contributed by atoms with Crippen LogP contribution in [0.25, 0.3) is 5.69 Å². The molecule has 1 aliphatic rings. The number of likely N-dealkylation sites (tertiary alicyclic amines) is 1. The normalized spacial score (nSPS) is 15.9. The van der Waals surface area contributed by atoms with Gasteiger partial charge in [-0.2, -0.15) is 0 Å². The number of halogens is 1. The average Bonchev–Trinajstić information content (AvgIpc) is 3.20. The van der Waals surface area contributed by atoms with Gasteiger partial charge in [0.15, 0.2) is 0 Å². The quantitative estimate of drug-likeness (QED) is 0.497. The first-order chi connectivity index (χ1) is 16.6. The largest absolute Gasteiger partial charge is 0.444 e. The van der Waals surface area contributed by atoms with Gasteiger partial charge in [0, 0.05) is 43.8 Å². The second kappa shape index (κ2) is 11.2.